The summed E-state index contributed by atoms with van der Waals surface area (Å²) in [7, 11) is 0. The fourth-order valence-corrected chi connectivity index (χ4v) is 4.90. The average molecular weight is 480 g/mol. The van der Waals surface area contributed by atoms with Crippen LogP contribution in [0.5, 0.6) is 5.75 Å². The van der Waals surface area contributed by atoms with Crippen molar-refractivity contribution < 1.29 is 9.26 Å². The summed E-state index contributed by atoms with van der Waals surface area (Å²) >= 11 is 0. The highest BCUT2D eigenvalue weighted by molar-refractivity contribution is 5.99. The van der Waals surface area contributed by atoms with E-state index < -0.39 is 5.76 Å². The first-order valence-electron chi connectivity index (χ1n) is 12.0. The Labute approximate surface area is 207 Å². The van der Waals surface area contributed by atoms with E-state index in [2.05, 4.69) is 63.9 Å². The zero-order valence-electron chi connectivity index (χ0n) is 20.3. The van der Waals surface area contributed by atoms with Crippen molar-refractivity contribution in [1.29, 1.82) is 0 Å². The molecule has 8 nitrogen and oxygen atoms in total. The van der Waals surface area contributed by atoms with E-state index >= 15 is 0 Å². The number of benzene rings is 2. The van der Waals surface area contributed by atoms with Gasteiger partial charge < -0.3 is 9.30 Å². The predicted molar refractivity (Wildman–Crippen MR) is 137 cm³/mol. The van der Waals surface area contributed by atoms with E-state index in [0.29, 0.717) is 19.0 Å². The van der Waals surface area contributed by atoms with Crippen molar-refractivity contribution in [3.8, 4) is 5.75 Å². The van der Waals surface area contributed by atoms with Crippen LogP contribution in [0.1, 0.15) is 53.3 Å². The molecule has 180 valence electrons. The summed E-state index contributed by atoms with van der Waals surface area (Å²) < 4.78 is 13.3. The van der Waals surface area contributed by atoms with E-state index in [0.717, 1.165) is 68.1 Å². The molecule has 4 heterocycles. The Hall–Kier alpha value is -4.46. The molecule has 36 heavy (non-hydrogen) atoms. The van der Waals surface area contributed by atoms with Crippen LogP contribution in [0.15, 0.2) is 64.0 Å². The summed E-state index contributed by atoms with van der Waals surface area (Å²) in [5, 5.41) is 3.93. The van der Waals surface area contributed by atoms with Crippen molar-refractivity contribution in [1.82, 2.24) is 24.7 Å². The second-order valence-corrected chi connectivity index (χ2v) is 8.99. The van der Waals surface area contributed by atoms with Crippen LogP contribution < -0.4 is 10.5 Å². The van der Waals surface area contributed by atoms with Crippen molar-refractivity contribution in [2.75, 3.05) is 0 Å². The number of allylic oxidation sites excluding steroid dienone is 1. The summed E-state index contributed by atoms with van der Waals surface area (Å²) in [6, 6.07) is 16.4. The van der Waals surface area contributed by atoms with Gasteiger partial charge in [-0.3, -0.25) is 9.51 Å². The van der Waals surface area contributed by atoms with Crippen molar-refractivity contribution in [3.05, 3.63) is 105 Å². The van der Waals surface area contributed by atoms with E-state index in [9.17, 15) is 4.79 Å². The summed E-state index contributed by atoms with van der Waals surface area (Å²) in [5.74, 6) is 1.60. The van der Waals surface area contributed by atoms with Crippen LogP contribution in [0.25, 0.3) is 22.3 Å². The number of hydrogen-bond donors (Lipinski definition) is 1. The number of H-pyrrole nitrogens is 1. The third-order valence-corrected chi connectivity index (χ3v) is 6.73. The number of imidazole rings is 1. The Morgan fingerprint density at radius 1 is 1.14 bits per heavy atom. The fourth-order valence-electron chi connectivity index (χ4n) is 4.90. The molecule has 5 aromatic rings. The van der Waals surface area contributed by atoms with Gasteiger partial charge in [0.1, 0.15) is 23.7 Å². The topological polar surface area (TPSA) is 98.8 Å². The van der Waals surface area contributed by atoms with E-state index in [1.54, 1.807) is 0 Å². The van der Waals surface area contributed by atoms with Gasteiger partial charge in [0.2, 0.25) is 0 Å². The Balaban J connectivity index is 1.49. The van der Waals surface area contributed by atoms with Crippen LogP contribution >= 0.6 is 0 Å². The minimum atomic E-state index is -0.582. The maximum atomic E-state index is 11.7. The van der Waals surface area contributed by atoms with Gasteiger partial charge in [0.05, 0.1) is 6.54 Å². The second kappa shape index (κ2) is 8.64. The van der Waals surface area contributed by atoms with E-state index in [4.69, 9.17) is 14.2 Å². The Bertz CT molecular complexity index is 1710. The molecule has 0 saturated heterocycles. The molecule has 0 bridgehead atoms. The molecule has 0 fully saturated rings. The normalized spacial score (nSPS) is 14.2. The Kier molecular flexibility index (Phi) is 5.29. The van der Waals surface area contributed by atoms with Gasteiger partial charge in [0.25, 0.3) is 0 Å². The second-order valence-electron chi connectivity index (χ2n) is 8.99. The number of ether oxygens (including phenoxy) is 1. The highest BCUT2D eigenvalue weighted by atomic mass is 16.5. The number of fused-ring (bicyclic) bond motifs is 3. The van der Waals surface area contributed by atoms with Gasteiger partial charge in [-0.1, -0.05) is 48.5 Å². The molecule has 1 aliphatic rings. The monoisotopic (exact) mass is 479 g/mol. The smallest absolute Gasteiger partial charge is 0.439 e. The van der Waals surface area contributed by atoms with Crippen LogP contribution in [0.3, 0.4) is 0 Å². The number of nitrogens with zero attached hydrogens (tertiary/aromatic N) is 4. The third-order valence-electron chi connectivity index (χ3n) is 6.73. The quantitative estimate of drug-likeness (QED) is 0.394. The van der Waals surface area contributed by atoms with Crippen LogP contribution in [-0.2, 0) is 19.6 Å². The largest absolute Gasteiger partial charge is 0.488 e. The van der Waals surface area contributed by atoms with Gasteiger partial charge in [0, 0.05) is 23.8 Å². The average Bonchev–Trinajstić information content (AvgIpc) is 3.44. The molecule has 1 aliphatic heterocycles. The molecule has 0 unspecified atom stereocenters. The van der Waals surface area contributed by atoms with Crippen LogP contribution in [-0.4, -0.2) is 24.7 Å². The molecule has 0 atom stereocenters. The molecule has 3 aromatic heterocycles. The highest BCUT2D eigenvalue weighted by Gasteiger charge is 2.23. The molecule has 0 amide bonds. The molecule has 2 aromatic carbocycles. The van der Waals surface area contributed by atoms with Crippen molar-refractivity contribution in [2.24, 2.45) is 0 Å². The third kappa shape index (κ3) is 3.62. The van der Waals surface area contributed by atoms with Crippen molar-refractivity contribution >= 4 is 22.3 Å². The zero-order chi connectivity index (χ0) is 24.8. The molecule has 8 heteroatoms. The first kappa shape index (κ1) is 22.0. The number of aromatic amines is 1. The molecule has 1 N–H and O–H groups in total. The minimum Gasteiger partial charge on any atom is -0.488 e. The number of pyridine rings is 1. The molecular formula is C28H25N5O3. The van der Waals surface area contributed by atoms with E-state index in [1.165, 1.54) is 0 Å². The lowest BCUT2D eigenvalue weighted by Crippen LogP contribution is -2.06. The molecule has 0 aliphatic carbocycles. The van der Waals surface area contributed by atoms with Gasteiger partial charge in [-0.05, 0) is 53.8 Å². The fraction of sp³-hybridized carbons (Fsp3) is 0.214. The lowest BCUT2D eigenvalue weighted by molar-refractivity contribution is 0.307. The van der Waals surface area contributed by atoms with Gasteiger partial charge in [0.15, 0.2) is 11.5 Å². The molecule has 0 spiro atoms. The van der Waals surface area contributed by atoms with Crippen molar-refractivity contribution in [2.45, 2.75) is 40.3 Å². The Morgan fingerprint density at radius 3 is 2.81 bits per heavy atom. The molecule has 0 saturated carbocycles. The maximum absolute atomic E-state index is 11.7. The number of aromatic nitrogens is 5. The number of nitrogens with one attached hydrogen (secondary N) is 1. The van der Waals surface area contributed by atoms with Crippen molar-refractivity contribution in [3.63, 3.8) is 0 Å². The first-order chi connectivity index (χ1) is 17.5. The van der Waals surface area contributed by atoms with Gasteiger partial charge in [-0.2, -0.15) is 0 Å². The lowest BCUT2D eigenvalue weighted by Gasteiger charge is -2.15. The SMILES string of the molecule is CCc1nc2c(C)ccnc2n1Cc1ccc2c(c1)OCc1ccccc1/C2=C(\C)c1noc(=O)[nH]1. The van der Waals surface area contributed by atoms with Gasteiger partial charge >= 0.3 is 5.76 Å². The standard InChI is InChI=1S/C28H25N5O3/c1-4-23-30-25-16(2)11-12-29-27(25)33(23)14-18-9-10-21-22(13-18)35-15-19-7-5-6-8-20(19)24(21)17(3)26-31-28(34)36-32-26/h5-13H,4,14-15H2,1-3H3,(H,31,32,34)/b24-17-. The summed E-state index contributed by atoms with van der Waals surface area (Å²) in [5.41, 5.74) is 8.83. The molecule has 6 rings (SSSR count). The number of hydrogen-bond acceptors (Lipinski definition) is 6. The summed E-state index contributed by atoms with van der Waals surface area (Å²) in [6.45, 7) is 7.18. The molecular weight excluding hydrogens is 454 g/mol. The van der Waals surface area contributed by atoms with Gasteiger partial charge in [-0.15, -0.1) is 0 Å². The molecule has 0 radical (unpaired) electrons. The van der Waals surface area contributed by atoms with Crippen LogP contribution in [0.4, 0.5) is 0 Å². The predicted octanol–water partition coefficient (Wildman–Crippen LogP) is 4.90. The van der Waals surface area contributed by atoms with Crippen LogP contribution in [0.2, 0.25) is 0 Å². The van der Waals surface area contributed by atoms with E-state index in [-0.39, 0.29) is 0 Å². The maximum Gasteiger partial charge on any atom is 0.439 e. The Morgan fingerprint density at radius 2 is 2.00 bits per heavy atom. The van der Waals surface area contributed by atoms with Crippen LogP contribution in [0, 0.1) is 6.92 Å². The number of aryl methyl sites for hydroxylation is 2. The number of rotatable bonds is 4. The lowest BCUT2D eigenvalue weighted by atomic mass is 9.90. The summed E-state index contributed by atoms with van der Waals surface area (Å²) in [6.07, 6.45) is 2.65. The minimum absolute atomic E-state index is 0.403. The first-order valence-corrected chi connectivity index (χ1v) is 12.0. The van der Waals surface area contributed by atoms with E-state index in [1.807, 2.05) is 31.3 Å². The highest BCUT2D eigenvalue weighted by Crippen LogP contribution is 2.41. The van der Waals surface area contributed by atoms with Gasteiger partial charge in [-0.25, -0.2) is 14.8 Å². The summed E-state index contributed by atoms with van der Waals surface area (Å²) in [4.78, 5) is 23.8. The zero-order valence-corrected chi connectivity index (χ0v) is 20.3.